The lowest BCUT2D eigenvalue weighted by atomic mass is 10.1. The van der Waals surface area contributed by atoms with E-state index in [1.54, 1.807) is 24.3 Å². The molecule has 1 aromatic carbocycles. The smallest absolute Gasteiger partial charge is 0.319 e. The summed E-state index contributed by atoms with van der Waals surface area (Å²) in [5.41, 5.74) is 1.33. The average Bonchev–Trinajstić information content (AvgIpc) is 2.25. The monoisotopic (exact) mass is 268 g/mol. The van der Waals surface area contributed by atoms with Crippen molar-refractivity contribution in [3.05, 3.63) is 46.9 Å². The standard InChI is InChI=1S/C12H12O5S/c1-9-2-4-10(5-3-9)11(13)6-7-18(16,17)8-12(14)15/h2-7H,8H2,1H3,(H,14,15)/b7-6+. The number of carbonyl (C=O) groups excluding carboxylic acids is 1. The van der Waals surface area contributed by atoms with Gasteiger partial charge in [0.25, 0.3) is 0 Å². The molecule has 0 atom stereocenters. The zero-order valence-corrected chi connectivity index (χ0v) is 10.5. The van der Waals surface area contributed by atoms with Crippen molar-refractivity contribution in [2.45, 2.75) is 6.92 Å². The molecule has 0 heterocycles. The first kappa shape index (κ1) is 14.1. The number of ketones is 1. The van der Waals surface area contributed by atoms with Gasteiger partial charge in [-0.05, 0) is 13.0 Å². The third-order valence-corrected chi connectivity index (χ3v) is 3.29. The Hall–Kier alpha value is -1.95. The van der Waals surface area contributed by atoms with Crippen molar-refractivity contribution in [2.75, 3.05) is 5.75 Å². The van der Waals surface area contributed by atoms with E-state index in [4.69, 9.17) is 5.11 Å². The first-order valence-corrected chi connectivity index (χ1v) is 6.75. The number of benzene rings is 1. The van der Waals surface area contributed by atoms with Gasteiger partial charge in [-0.25, -0.2) is 8.42 Å². The lowest BCUT2D eigenvalue weighted by Gasteiger charge is -1.97. The number of sulfone groups is 1. The maximum absolute atomic E-state index is 11.6. The Labute approximate surface area is 105 Å². The van der Waals surface area contributed by atoms with Crippen LogP contribution in [-0.2, 0) is 14.6 Å². The molecule has 1 rings (SSSR count). The minimum Gasteiger partial charge on any atom is -0.480 e. The Kier molecular flexibility index (Phi) is 4.38. The van der Waals surface area contributed by atoms with Crippen LogP contribution < -0.4 is 0 Å². The summed E-state index contributed by atoms with van der Waals surface area (Å²) in [6.45, 7) is 1.86. The summed E-state index contributed by atoms with van der Waals surface area (Å²) in [4.78, 5) is 21.9. The van der Waals surface area contributed by atoms with Crippen LogP contribution in [0.15, 0.2) is 35.7 Å². The van der Waals surface area contributed by atoms with Crippen molar-refractivity contribution < 1.29 is 23.1 Å². The van der Waals surface area contributed by atoms with Crippen molar-refractivity contribution in [1.29, 1.82) is 0 Å². The highest BCUT2D eigenvalue weighted by Gasteiger charge is 2.12. The molecule has 0 aliphatic carbocycles. The lowest BCUT2D eigenvalue weighted by molar-refractivity contribution is -0.134. The fourth-order valence-corrected chi connectivity index (χ4v) is 1.97. The molecule has 1 N–H and O–H groups in total. The van der Waals surface area contributed by atoms with E-state index in [1.807, 2.05) is 6.92 Å². The highest BCUT2D eigenvalue weighted by molar-refractivity contribution is 7.94. The van der Waals surface area contributed by atoms with E-state index in [2.05, 4.69) is 0 Å². The number of hydrogen-bond acceptors (Lipinski definition) is 4. The summed E-state index contributed by atoms with van der Waals surface area (Å²) in [6.07, 6.45) is 0.864. The summed E-state index contributed by atoms with van der Waals surface area (Å²) in [5.74, 6) is -2.96. The van der Waals surface area contributed by atoms with Gasteiger partial charge in [-0.1, -0.05) is 29.8 Å². The Morgan fingerprint density at radius 3 is 2.28 bits per heavy atom. The Morgan fingerprint density at radius 1 is 1.22 bits per heavy atom. The molecule has 0 aromatic heterocycles. The third kappa shape index (κ3) is 4.50. The van der Waals surface area contributed by atoms with Crippen molar-refractivity contribution in [3.63, 3.8) is 0 Å². The highest BCUT2D eigenvalue weighted by Crippen LogP contribution is 2.05. The van der Waals surface area contributed by atoms with Gasteiger partial charge in [0.15, 0.2) is 21.4 Å². The Bertz CT molecular complexity index is 581. The first-order valence-electron chi connectivity index (χ1n) is 5.04. The molecule has 5 nitrogen and oxygen atoms in total. The molecule has 0 spiro atoms. The maximum atomic E-state index is 11.6. The minimum atomic E-state index is -3.89. The highest BCUT2D eigenvalue weighted by atomic mass is 32.2. The second-order valence-electron chi connectivity index (χ2n) is 3.73. The van der Waals surface area contributed by atoms with Crippen LogP contribution in [0, 0.1) is 6.92 Å². The summed E-state index contributed by atoms with van der Waals surface area (Å²) in [5, 5.41) is 8.99. The molecule has 1 aromatic rings. The molecule has 0 aliphatic rings. The molecule has 0 aliphatic heterocycles. The molecular formula is C12H12O5S. The van der Waals surface area contributed by atoms with Crippen molar-refractivity contribution in [3.8, 4) is 0 Å². The lowest BCUT2D eigenvalue weighted by Crippen LogP contribution is -2.12. The van der Waals surface area contributed by atoms with E-state index in [0.717, 1.165) is 11.6 Å². The molecule has 0 unspecified atom stereocenters. The number of carboxylic acid groups (broad SMARTS) is 1. The molecule has 6 heteroatoms. The topological polar surface area (TPSA) is 88.5 Å². The average molecular weight is 268 g/mol. The van der Waals surface area contributed by atoms with Crippen molar-refractivity contribution >= 4 is 21.6 Å². The molecule has 0 saturated carbocycles. The van der Waals surface area contributed by atoms with E-state index in [0.29, 0.717) is 11.0 Å². The number of carboxylic acids is 1. The van der Waals surface area contributed by atoms with Crippen LogP contribution in [0.4, 0.5) is 0 Å². The van der Waals surface area contributed by atoms with Gasteiger partial charge in [0, 0.05) is 11.0 Å². The predicted octanol–water partition coefficient (Wildman–Crippen LogP) is 1.19. The fraction of sp³-hybridized carbons (Fsp3) is 0.167. The van der Waals surface area contributed by atoms with Crippen molar-refractivity contribution in [2.24, 2.45) is 0 Å². The van der Waals surface area contributed by atoms with Gasteiger partial charge >= 0.3 is 5.97 Å². The van der Waals surface area contributed by atoms with E-state index in [9.17, 15) is 18.0 Å². The van der Waals surface area contributed by atoms with Gasteiger partial charge in [-0.3, -0.25) is 9.59 Å². The quantitative estimate of drug-likeness (QED) is 0.640. The molecule has 18 heavy (non-hydrogen) atoms. The maximum Gasteiger partial charge on any atom is 0.319 e. The molecule has 96 valence electrons. The number of rotatable bonds is 5. The number of hydrogen-bond donors (Lipinski definition) is 1. The van der Waals surface area contributed by atoms with E-state index >= 15 is 0 Å². The second-order valence-corrected chi connectivity index (χ2v) is 5.62. The van der Waals surface area contributed by atoms with Crippen LogP contribution in [0.1, 0.15) is 15.9 Å². The Balaban J connectivity index is 2.82. The van der Waals surface area contributed by atoms with Crippen LogP contribution >= 0.6 is 0 Å². The van der Waals surface area contributed by atoms with Gasteiger partial charge in [0.05, 0.1) is 0 Å². The summed E-state index contributed by atoms with van der Waals surface area (Å²) in [6, 6.07) is 6.61. The van der Waals surface area contributed by atoms with Gasteiger partial charge in [0.2, 0.25) is 0 Å². The zero-order chi connectivity index (χ0) is 13.8. The Morgan fingerprint density at radius 2 is 1.78 bits per heavy atom. The van der Waals surface area contributed by atoms with Crippen LogP contribution in [0.2, 0.25) is 0 Å². The van der Waals surface area contributed by atoms with Crippen LogP contribution in [0.3, 0.4) is 0 Å². The largest absolute Gasteiger partial charge is 0.480 e. The number of allylic oxidation sites excluding steroid dienone is 1. The molecule has 0 bridgehead atoms. The minimum absolute atomic E-state index is 0.349. The number of carbonyl (C=O) groups is 2. The van der Waals surface area contributed by atoms with E-state index < -0.39 is 27.3 Å². The predicted molar refractivity (Wildman–Crippen MR) is 66.1 cm³/mol. The first-order chi connectivity index (χ1) is 8.30. The van der Waals surface area contributed by atoms with E-state index in [-0.39, 0.29) is 0 Å². The molecule has 0 fully saturated rings. The second kappa shape index (κ2) is 5.59. The summed E-state index contributed by atoms with van der Waals surface area (Å²) < 4.78 is 22.4. The van der Waals surface area contributed by atoms with Crippen LogP contribution in [-0.4, -0.2) is 31.0 Å². The van der Waals surface area contributed by atoms with Crippen molar-refractivity contribution in [1.82, 2.24) is 0 Å². The van der Waals surface area contributed by atoms with Gasteiger partial charge in [-0.15, -0.1) is 0 Å². The normalized spacial score (nSPS) is 11.6. The van der Waals surface area contributed by atoms with Crippen LogP contribution in [0.5, 0.6) is 0 Å². The molecule has 0 amide bonds. The van der Waals surface area contributed by atoms with Gasteiger partial charge in [0.1, 0.15) is 0 Å². The summed E-state index contributed by atoms with van der Waals surface area (Å²) in [7, 11) is -3.89. The zero-order valence-electron chi connectivity index (χ0n) is 9.66. The number of aliphatic carboxylic acids is 1. The molecule has 0 saturated heterocycles. The summed E-state index contributed by atoms with van der Waals surface area (Å²) >= 11 is 0. The van der Waals surface area contributed by atoms with Crippen LogP contribution in [0.25, 0.3) is 0 Å². The number of aryl methyl sites for hydroxylation is 1. The van der Waals surface area contributed by atoms with Gasteiger partial charge < -0.3 is 5.11 Å². The SMILES string of the molecule is Cc1ccc(C(=O)/C=C/S(=O)(=O)CC(=O)O)cc1. The fourth-order valence-electron chi connectivity index (χ4n) is 1.20. The van der Waals surface area contributed by atoms with E-state index in [1.165, 1.54) is 0 Å². The van der Waals surface area contributed by atoms with Gasteiger partial charge in [-0.2, -0.15) is 0 Å². The molecule has 0 radical (unpaired) electrons. The molecular weight excluding hydrogens is 256 g/mol. The third-order valence-electron chi connectivity index (χ3n) is 2.09.